The minimum Gasteiger partial charge on any atom is -0.481 e. The molecule has 0 aliphatic heterocycles. The van der Waals surface area contributed by atoms with Crippen LogP contribution in [0.15, 0.2) is 30.6 Å². The zero-order chi connectivity index (χ0) is 19.1. The van der Waals surface area contributed by atoms with Gasteiger partial charge in [-0.1, -0.05) is 19.4 Å². The topological polar surface area (TPSA) is 80.9 Å². The number of aromatic nitrogens is 4. The van der Waals surface area contributed by atoms with Gasteiger partial charge < -0.3 is 9.67 Å². The number of rotatable bonds is 3. The molecule has 1 unspecified atom stereocenters. The fourth-order valence-corrected chi connectivity index (χ4v) is 4.32. The van der Waals surface area contributed by atoms with E-state index in [2.05, 4.69) is 19.5 Å². The summed E-state index contributed by atoms with van der Waals surface area (Å²) < 4.78 is 2.06. The highest BCUT2D eigenvalue weighted by atomic mass is 16.4. The Kier molecular flexibility index (Phi) is 4.42. The lowest BCUT2D eigenvalue weighted by molar-refractivity contribution is -0.145. The van der Waals surface area contributed by atoms with Gasteiger partial charge in [0.2, 0.25) is 0 Å². The number of hydrogen-bond donors (Lipinski definition) is 1. The SMILES string of the molecule is Cc1nc2cc(-c3cnc([C@@H]4CCC[C@H](C)C4C(=O)O)cn3)ccc2n1C. The van der Waals surface area contributed by atoms with Crippen molar-refractivity contribution >= 4 is 17.0 Å². The predicted molar refractivity (Wildman–Crippen MR) is 103 cm³/mol. The Hall–Kier alpha value is -2.76. The number of benzene rings is 1. The molecular weight excluding hydrogens is 340 g/mol. The number of aryl methyl sites for hydroxylation is 2. The summed E-state index contributed by atoms with van der Waals surface area (Å²) in [5, 5.41) is 9.64. The monoisotopic (exact) mass is 364 g/mol. The molecule has 6 nitrogen and oxygen atoms in total. The average molecular weight is 364 g/mol. The Balaban J connectivity index is 1.65. The molecule has 1 saturated carbocycles. The van der Waals surface area contributed by atoms with Gasteiger partial charge in [0, 0.05) is 24.7 Å². The zero-order valence-corrected chi connectivity index (χ0v) is 15.9. The lowest BCUT2D eigenvalue weighted by Crippen LogP contribution is -2.32. The number of carbonyl (C=O) groups is 1. The number of fused-ring (bicyclic) bond motifs is 1. The first kappa shape index (κ1) is 17.6. The Bertz CT molecular complexity index is 993. The smallest absolute Gasteiger partial charge is 0.307 e. The van der Waals surface area contributed by atoms with Gasteiger partial charge in [0.25, 0.3) is 0 Å². The molecule has 1 aliphatic carbocycles. The van der Waals surface area contributed by atoms with E-state index in [0.717, 1.165) is 53.1 Å². The third kappa shape index (κ3) is 3.09. The standard InChI is InChI=1S/C21H24N4O2/c1-12-5-4-6-15(20(12)21(26)27)18-11-22-17(10-23-18)14-7-8-19-16(9-14)24-13(2)25(19)3/h7-12,15,20H,4-6H2,1-3H3,(H,26,27)/t12-,15-,20?/m0/s1. The normalized spacial score (nSPS) is 22.9. The molecule has 0 bridgehead atoms. The highest BCUT2D eigenvalue weighted by Gasteiger charge is 2.37. The summed E-state index contributed by atoms with van der Waals surface area (Å²) in [5.41, 5.74) is 4.55. The second-order valence-corrected chi connectivity index (χ2v) is 7.63. The summed E-state index contributed by atoms with van der Waals surface area (Å²) in [4.78, 5) is 25.5. The molecule has 2 heterocycles. The van der Waals surface area contributed by atoms with Crippen molar-refractivity contribution in [3.05, 3.63) is 42.1 Å². The van der Waals surface area contributed by atoms with E-state index in [9.17, 15) is 9.90 Å². The second kappa shape index (κ2) is 6.76. The van der Waals surface area contributed by atoms with Crippen LogP contribution in [0.2, 0.25) is 0 Å². The van der Waals surface area contributed by atoms with Crippen molar-refractivity contribution < 1.29 is 9.90 Å². The molecule has 3 atom stereocenters. The van der Waals surface area contributed by atoms with Crippen LogP contribution in [-0.2, 0) is 11.8 Å². The van der Waals surface area contributed by atoms with E-state index in [1.807, 2.05) is 39.1 Å². The van der Waals surface area contributed by atoms with Crippen LogP contribution in [0.5, 0.6) is 0 Å². The molecule has 4 rings (SSSR count). The lowest BCUT2D eigenvalue weighted by Gasteiger charge is -2.33. The third-order valence-corrected chi connectivity index (χ3v) is 5.96. The second-order valence-electron chi connectivity index (χ2n) is 7.63. The Morgan fingerprint density at radius 3 is 2.74 bits per heavy atom. The van der Waals surface area contributed by atoms with Crippen molar-refractivity contribution in [2.45, 2.75) is 39.0 Å². The average Bonchev–Trinajstić information content (AvgIpc) is 2.95. The number of hydrogen-bond acceptors (Lipinski definition) is 4. The van der Waals surface area contributed by atoms with E-state index in [4.69, 9.17) is 0 Å². The van der Waals surface area contributed by atoms with Crippen molar-refractivity contribution in [1.82, 2.24) is 19.5 Å². The van der Waals surface area contributed by atoms with E-state index in [0.29, 0.717) is 0 Å². The van der Waals surface area contributed by atoms with Gasteiger partial charge in [-0.25, -0.2) is 4.98 Å². The minimum absolute atomic E-state index is 0.0614. The van der Waals surface area contributed by atoms with Gasteiger partial charge in [-0.05, 0) is 37.8 Å². The molecule has 27 heavy (non-hydrogen) atoms. The van der Waals surface area contributed by atoms with E-state index in [-0.39, 0.29) is 17.8 Å². The molecule has 0 radical (unpaired) electrons. The van der Waals surface area contributed by atoms with Gasteiger partial charge >= 0.3 is 5.97 Å². The molecule has 1 N–H and O–H groups in total. The molecule has 1 aliphatic rings. The van der Waals surface area contributed by atoms with Crippen molar-refractivity contribution in [2.75, 3.05) is 0 Å². The summed E-state index contributed by atoms with van der Waals surface area (Å²) in [6.45, 7) is 4.01. The van der Waals surface area contributed by atoms with Gasteiger partial charge in [0.05, 0.1) is 34.5 Å². The maximum Gasteiger partial charge on any atom is 0.307 e. The van der Waals surface area contributed by atoms with Crippen LogP contribution in [0.25, 0.3) is 22.3 Å². The quantitative estimate of drug-likeness (QED) is 0.761. The number of imidazole rings is 1. The predicted octanol–water partition coefficient (Wildman–Crippen LogP) is 3.94. The summed E-state index contributed by atoms with van der Waals surface area (Å²) in [7, 11) is 2.00. The first-order valence-corrected chi connectivity index (χ1v) is 9.44. The highest BCUT2D eigenvalue weighted by Crippen LogP contribution is 2.40. The first-order chi connectivity index (χ1) is 13.0. The fraction of sp³-hybridized carbons (Fsp3) is 0.429. The molecule has 0 spiro atoms. The molecule has 2 aromatic heterocycles. The largest absolute Gasteiger partial charge is 0.481 e. The van der Waals surface area contributed by atoms with E-state index >= 15 is 0 Å². The van der Waals surface area contributed by atoms with Crippen LogP contribution in [0, 0.1) is 18.8 Å². The van der Waals surface area contributed by atoms with Crippen molar-refractivity contribution in [3.63, 3.8) is 0 Å². The summed E-state index contributed by atoms with van der Waals surface area (Å²) >= 11 is 0. The molecule has 1 aromatic carbocycles. The maximum absolute atomic E-state index is 11.7. The van der Waals surface area contributed by atoms with Gasteiger partial charge in [-0.3, -0.25) is 14.8 Å². The highest BCUT2D eigenvalue weighted by molar-refractivity contribution is 5.81. The van der Waals surface area contributed by atoms with Crippen LogP contribution in [0.1, 0.15) is 43.6 Å². The number of aliphatic carboxylic acids is 1. The third-order valence-electron chi connectivity index (χ3n) is 5.96. The number of carboxylic acids is 1. The van der Waals surface area contributed by atoms with Crippen LogP contribution in [0.4, 0.5) is 0 Å². The van der Waals surface area contributed by atoms with Crippen LogP contribution in [0.3, 0.4) is 0 Å². The maximum atomic E-state index is 11.7. The Morgan fingerprint density at radius 2 is 2.04 bits per heavy atom. The van der Waals surface area contributed by atoms with Gasteiger partial charge in [0.15, 0.2) is 0 Å². The molecule has 1 fully saturated rings. The van der Waals surface area contributed by atoms with E-state index < -0.39 is 5.97 Å². The molecular formula is C21H24N4O2. The number of carboxylic acid groups (broad SMARTS) is 1. The zero-order valence-electron chi connectivity index (χ0n) is 15.9. The fourth-order valence-electron chi connectivity index (χ4n) is 4.32. The Morgan fingerprint density at radius 1 is 1.22 bits per heavy atom. The van der Waals surface area contributed by atoms with Crippen molar-refractivity contribution in [3.8, 4) is 11.3 Å². The summed E-state index contributed by atoms with van der Waals surface area (Å²) in [5.74, 6) is -0.0400. The van der Waals surface area contributed by atoms with E-state index in [1.54, 1.807) is 12.4 Å². The van der Waals surface area contributed by atoms with Gasteiger partial charge in [-0.15, -0.1) is 0 Å². The molecule has 140 valence electrons. The van der Waals surface area contributed by atoms with Gasteiger partial charge in [0.1, 0.15) is 5.82 Å². The summed E-state index contributed by atoms with van der Waals surface area (Å²) in [6.07, 6.45) is 6.36. The molecule has 6 heteroatoms. The summed E-state index contributed by atoms with van der Waals surface area (Å²) in [6, 6.07) is 6.09. The lowest BCUT2D eigenvalue weighted by atomic mass is 9.71. The van der Waals surface area contributed by atoms with Crippen LogP contribution >= 0.6 is 0 Å². The Labute approximate surface area is 158 Å². The molecule has 0 saturated heterocycles. The van der Waals surface area contributed by atoms with Crippen LogP contribution < -0.4 is 0 Å². The van der Waals surface area contributed by atoms with Crippen molar-refractivity contribution in [1.29, 1.82) is 0 Å². The van der Waals surface area contributed by atoms with Crippen molar-refractivity contribution in [2.24, 2.45) is 18.9 Å². The first-order valence-electron chi connectivity index (χ1n) is 9.44. The number of nitrogens with zero attached hydrogens (tertiary/aromatic N) is 4. The molecule has 3 aromatic rings. The minimum atomic E-state index is -0.728. The van der Waals surface area contributed by atoms with Gasteiger partial charge in [-0.2, -0.15) is 0 Å². The van der Waals surface area contributed by atoms with E-state index in [1.165, 1.54) is 0 Å². The molecule has 0 amide bonds. The van der Waals surface area contributed by atoms with Crippen LogP contribution in [-0.4, -0.2) is 30.6 Å².